The summed E-state index contributed by atoms with van der Waals surface area (Å²) in [5.74, 6) is 1.17. The van der Waals surface area contributed by atoms with Crippen LogP contribution in [0.2, 0.25) is 0 Å². The fraction of sp³-hybridized carbons (Fsp3) is 0.643. The van der Waals surface area contributed by atoms with Crippen LogP contribution in [-0.4, -0.2) is 23.8 Å². The summed E-state index contributed by atoms with van der Waals surface area (Å²) in [6.45, 7) is 8.69. The van der Waals surface area contributed by atoms with Gasteiger partial charge in [-0.15, -0.1) is 11.8 Å². The summed E-state index contributed by atoms with van der Waals surface area (Å²) in [6, 6.07) is 4.30. The van der Waals surface area contributed by atoms with Gasteiger partial charge in [0.05, 0.1) is 5.03 Å². The number of unbranched alkanes of at least 4 members (excludes halogenated alkanes) is 1. The third-order valence-corrected chi connectivity index (χ3v) is 3.50. The smallest absolute Gasteiger partial charge is 0.0965 e. The van der Waals surface area contributed by atoms with Gasteiger partial charge in [-0.05, 0) is 69.6 Å². The van der Waals surface area contributed by atoms with Gasteiger partial charge in [0.1, 0.15) is 0 Å². The number of aromatic nitrogens is 1. The third kappa shape index (κ3) is 6.69. The Morgan fingerprint density at radius 2 is 2.00 bits per heavy atom. The number of hydrogen-bond acceptors (Lipinski definition) is 3. The molecule has 1 N–H and O–H groups in total. The molecule has 0 saturated heterocycles. The van der Waals surface area contributed by atoms with Crippen molar-refractivity contribution in [2.24, 2.45) is 0 Å². The maximum Gasteiger partial charge on any atom is 0.0965 e. The molecule has 0 unspecified atom stereocenters. The Hall–Kier alpha value is -0.540. The number of thioether (sulfide) groups is 1. The van der Waals surface area contributed by atoms with Crippen molar-refractivity contribution in [1.82, 2.24) is 10.3 Å². The first-order valence-corrected chi connectivity index (χ1v) is 7.49. The van der Waals surface area contributed by atoms with E-state index < -0.39 is 0 Å². The largest absolute Gasteiger partial charge is 0.317 e. The van der Waals surface area contributed by atoms with Gasteiger partial charge >= 0.3 is 0 Å². The Morgan fingerprint density at radius 1 is 1.18 bits per heavy atom. The third-order valence-electron chi connectivity index (χ3n) is 2.50. The summed E-state index contributed by atoms with van der Waals surface area (Å²) in [4.78, 5) is 4.53. The lowest BCUT2D eigenvalue weighted by Gasteiger charge is -2.04. The van der Waals surface area contributed by atoms with Crippen LogP contribution in [0.25, 0.3) is 0 Å². The fourth-order valence-electron chi connectivity index (χ4n) is 1.71. The minimum Gasteiger partial charge on any atom is -0.317 e. The summed E-state index contributed by atoms with van der Waals surface area (Å²) < 4.78 is 0. The molecular weight excluding hydrogens is 228 g/mol. The number of nitrogens with zero attached hydrogens (tertiary/aromatic N) is 1. The topological polar surface area (TPSA) is 24.9 Å². The molecule has 0 aromatic carbocycles. The van der Waals surface area contributed by atoms with Crippen LogP contribution in [0.4, 0.5) is 0 Å². The van der Waals surface area contributed by atoms with Crippen LogP contribution >= 0.6 is 11.8 Å². The molecule has 17 heavy (non-hydrogen) atoms. The summed E-state index contributed by atoms with van der Waals surface area (Å²) in [5.41, 5.74) is 2.43. The molecule has 3 heteroatoms. The predicted octanol–water partition coefficient (Wildman–Crippen LogP) is 3.57. The summed E-state index contributed by atoms with van der Waals surface area (Å²) in [6.07, 6.45) is 3.75. The van der Waals surface area contributed by atoms with Gasteiger partial charge in [-0.2, -0.15) is 0 Å². The van der Waals surface area contributed by atoms with E-state index in [1.807, 2.05) is 11.8 Å². The van der Waals surface area contributed by atoms with Gasteiger partial charge in [0.2, 0.25) is 0 Å². The van der Waals surface area contributed by atoms with Gasteiger partial charge in [-0.25, -0.2) is 4.98 Å². The molecule has 0 radical (unpaired) electrons. The van der Waals surface area contributed by atoms with Crippen molar-refractivity contribution >= 4 is 11.8 Å². The molecule has 1 rings (SSSR count). The van der Waals surface area contributed by atoms with Crippen LogP contribution in [0.5, 0.6) is 0 Å². The Bertz CT molecular complexity index is 306. The molecule has 0 saturated carbocycles. The SMILES string of the molecule is CCCNCCCCSc1cc(C)cc(C)n1. The van der Waals surface area contributed by atoms with E-state index in [4.69, 9.17) is 0 Å². The molecule has 0 bridgehead atoms. The highest BCUT2D eigenvalue weighted by Crippen LogP contribution is 2.18. The first kappa shape index (κ1) is 14.5. The molecule has 2 nitrogen and oxygen atoms in total. The monoisotopic (exact) mass is 252 g/mol. The van der Waals surface area contributed by atoms with E-state index >= 15 is 0 Å². The van der Waals surface area contributed by atoms with Gasteiger partial charge in [0, 0.05) is 5.69 Å². The quantitative estimate of drug-likeness (QED) is 0.565. The Kier molecular flexibility index (Phi) is 7.29. The fourth-order valence-corrected chi connectivity index (χ4v) is 2.74. The van der Waals surface area contributed by atoms with E-state index in [0.29, 0.717) is 0 Å². The molecular formula is C14H24N2S. The number of rotatable bonds is 8. The van der Waals surface area contributed by atoms with Crippen molar-refractivity contribution in [3.05, 3.63) is 23.4 Å². The Morgan fingerprint density at radius 3 is 2.71 bits per heavy atom. The summed E-state index contributed by atoms with van der Waals surface area (Å²) in [7, 11) is 0. The highest BCUT2D eigenvalue weighted by Gasteiger charge is 1.98. The minimum atomic E-state index is 1.12. The standard InChI is InChI=1S/C14H24N2S/c1-4-7-15-8-5-6-9-17-14-11-12(2)10-13(3)16-14/h10-11,15H,4-9H2,1-3H3. The molecule has 0 aliphatic heterocycles. The van der Waals surface area contributed by atoms with E-state index in [1.165, 1.54) is 35.6 Å². The average molecular weight is 252 g/mol. The van der Waals surface area contributed by atoms with Crippen molar-refractivity contribution in [3.8, 4) is 0 Å². The zero-order valence-electron chi connectivity index (χ0n) is 11.3. The Labute approximate surface area is 110 Å². The maximum atomic E-state index is 4.53. The lowest BCUT2D eigenvalue weighted by molar-refractivity contribution is 0.635. The second-order valence-electron chi connectivity index (χ2n) is 4.43. The van der Waals surface area contributed by atoms with E-state index in [-0.39, 0.29) is 0 Å². The van der Waals surface area contributed by atoms with Crippen LogP contribution in [0.3, 0.4) is 0 Å². The van der Waals surface area contributed by atoms with Crippen LogP contribution in [0.1, 0.15) is 37.4 Å². The van der Waals surface area contributed by atoms with Crippen LogP contribution in [0, 0.1) is 13.8 Å². The normalized spacial score (nSPS) is 10.8. The highest BCUT2D eigenvalue weighted by atomic mass is 32.2. The van der Waals surface area contributed by atoms with Gasteiger partial charge in [-0.3, -0.25) is 0 Å². The zero-order chi connectivity index (χ0) is 12.5. The lowest BCUT2D eigenvalue weighted by Crippen LogP contribution is -2.15. The molecule has 0 amide bonds. The summed E-state index contributed by atoms with van der Waals surface area (Å²) >= 11 is 1.87. The molecule has 1 aromatic heterocycles. The number of hydrogen-bond donors (Lipinski definition) is 1. The van der Waals surface area contributed by atoms with Gasteiger partial charge < -0.3 is 5.32 Å². The number of nitrogens with one attached hydrogen (secondary N) is 1. The minimum absolute atomic E-state index is 1.12. The highest BCUT2D eigenvalue weighted by molar-refractivity contribution is 7.99. The zero-order valence-corrected chi connectivity index (χ0v) is 12.1. The van der Waals surface area contributed by atoms with Crippen LogP contribution in [-0.2, 0) is 0 Å². The van der Waals surface area contributed by atoms with Crippen molar-refractivity contribution in [2.75, 3.05) is 18.8 Å². The van der Waals surface area contributed by atoms with Crippen LogP contribution in [0.15, 0.2) is 17.2 Å². The number of pyridine rings is 1. The van der Waals surface area contributed by atoms with Crippen molar-refractivity contribution < 1.29 is 0 Å². The van der Waals surface area contributed by atoms with Gasteiger partial charge in [-0.1, -0.05) is 6.92 Å². The molecule has 1 heterocycles. The Balaban J connectivity index is 2.13. The van der Waals surface area contributed by atoms with Crippen molar-refractivity contribution in [2.45, 2.75) is 45.1 Å². The molecule has 1 aromatic rings. The van der Waals surface area contributed by atoms with E-state index in [2.05, 4.69) is 43.2 Å². The lowest BCUT2D eigenvalue weighted by atomic mass is 10.3. The number of aryl methyl sites for hydroxylation is 2. The van der Waals surface area contributed by atoms with E-state index in [9.17, 15) is 0 Å². The molecule has 96 valence electrons. The van der Waals surface area contributed by atoms with Gasteiger partial charge in [0.15, 0.2) is 0 Å². The van der Waals surface area contributed by atoms with Crippen molar-refractivity contribution in [1.29, 1.82) is 0 Å². The maximum absolute atomic E-state index is 4.53. The van der Waals surface area contributed by atoms with E-state index in [0.717, 1.165) is 18.8 Å². The first-order chi connectivity index (χ1) is 8.22. The van der Waals surface area contributed by atoms with Crippen LogP contribution < -0.4 is 5.32 Å². The molecule has 0 atom stereocenters. The predicted molar refractivity (Wildman–Crippen MR) is 76.8 cm³/mol. The first-order valence-electron chi connectivity index (χ1n) is 6.51. The van der Waals surface area contributed by atoms with E-state index in [1.54, 1.807) is 0 Å². The second kappa shape index (κ2) is 8.54. The second-order valence-corrected chi connectivity index (χ2v) is 5.54. The molecule has 0 aliphatic carbocycles. The molecule has 0 fully saturated rings. The molecule has 0 aliphatic rings. The summed E-state index contributed by atoms with van der Waals surface area (Å²) in [5, 5.41) is 4.60. The average Bonchev–Trinajstić information content (AvgIpc) is 2.26. The van der Waals surface area contributed by atoms with Crippen molar-refractivity contribution in [3.63, 3.8) is 0 Å². The molecule has 0 spiro atoms. The van der Waals surface area contributed by atoms with Gasteiger partial charge in [0.25, 0.3) is 0 Å².